The first kappa shape index (κ1) is 15.0. The van der Waals surface area contributed by atoms with E-state index in [2.05, 4.69) is 5.32 Å². The van der Waals surface area contributed by atoms with E-state index in [0.29, 0.717) is 13.2 Å². The number of rotatable bonds is 5. The molecule has 0 heterocycles. The number of nitrogens with one attached hydrogen (secondary N) is 1. The van der Waals surface area contributed by atoms with Crippen LogP contribution in [-0.4, -0.2) is 18.6 Å². The van der Waals surface area contributed by atoms with Gasteiger partial charge in [0.25, 0.3) is 0 Å². The van der Waals surface area contributed by atoms with Gasteiger partial charge in [0, 0.05) is 29.8 Å². The SMILES string of the molecule is CCOCc1ccccc1NC(=O)C1CCC(N)CC1. The van der Waals surface area contributed by atoms with E-state index >= 15 is 0 Å². The molecule has 110 valence electrons. The van der Waals surface area contributed by atoms with E-state index in [1.165, 1.54) is 0 Å². The molecule has 0 bridgehead atoms. The van der Waals surface area contributed by atoms with Gasteiger partial charge in [-0.3, -0.25) is 4.79 Å². The quantitative estimate of drug-likeness (QED) is 0.869. The highest BCUT2D eigenvalue weighted by molar-refractivity contribution is 5.93. The minimum Gasteiger partial charge on any atom is -0.377 e. The fourth-order valence-corrected chi connectivity index (χ4v) is 2.60. The van der Waals surface area contributed by atoms with E-state index in [1.54, 1.807) is 0 Å². The van der Waals surface area contributed by atoms with Gasteiger partial charge >= 0.3 is 0 Å². The summed E-state index contributed by atoms with van der Waals surface area (Å²) in [7, 11) is 0. The van der Waals surface area contributed by atoms with Crippen LogP contribution in [0.25, 0.3) is 0 Å². The van der Waals surface area contributed by atoms with Gasteiger partial charge < -0.3 is 15.8 Å². The molecule has 4 heteroatoms. The van der Waals surface area contributed by atoms with Crippen LogP contribution in [0.3, 0.4) is 0 Å². The standard InChI is InChI=1S/C16H24N2O2/c1-2-20-11-13-5-3-4-6-15(13)18-16(19)12-7-9-14(17)10-8-12/h3-6,12,14H,2,7-11,17H2,1H3,(H,18,19). The molecule has 3 N–H and O–H groups in total. The van der Waals surface area contributed by atoms with Crippen molar-refractivity contribution in [3.05, 3.63) is 29.8 Å². The zero-order valence-electron chi connectivity index (χ0n) is 12.1. The Labute approximate surface area is 120 Å². The Morgan fingerprint density at radius 1 is 1.30 bits per heavy atom. The van der Waals surface area contributed by atoms with E-state index in [9.17, 15) is 4.79 Å². The number of hydrogen-bond donors (Lipinski definition) is 2. The summed E-state index contributed by atoms with van der Waals surface area (Å²) in [6, 6.07) is 8.08. The number of anilines is 1. The summed E-state index contributed by atoms with van der Waals surface area (Å²) in [6.45, 7) is 3.16. The Morgan fingerprint density at radius 3 is 2.70 bits per heavy atom. The molecule has 4 nitrogen and oxygen atoms in total. The third kappa shape index (κ3) is 4.05. The Kier molecular flexibility index (Phi) is 5.56. The van der Waals surface area contributed by atoms with Crippen molar-refractivity contribution in [2.45, 2.75) is 45.3 Å². The molecule has 0 aromatic heterocycles. The lowest BCUT2D eigenvalue weighted by Crippen LogP contribution is -2.32. The van der Waals surface area contributed by atoms with Gasteiger partial charge in [0.2, 0.25) is 5.91 Å². The van der Waals surface area contributed by atoms with Crippen molar-refractivity contribution in [2.24, 2.45) is 11.7 Å². The Bertz CT molecular complexity index is 440. The second kappa shape index (κ2) is 7.41. The maximum absolute atomic E-state index is 12.3. The second-order valence-corrected chi connectivity index (χ2v) is 5.40. The number of ether oxygens (including phenoxy) is 1. The van der Waals surface area contributed by atoms with Crippen LogP contribution in [0.4, 0.5) is 5.69 Å². The fourth-order valence-electron chi connectivity index (χ4n) is 2.60. The molecule has 0 spiro atoms. The highest BCUT2D eigenvalue weighted by Gasteiger charge is 2.24. The van der Waals surface area contributed by atoms with Crippen LogP contribution < -0.4 is 11.1 Å². The van der Waals surface area contributed by atoms with Crippen molar-refractivity contribution < 1.29 is 9.53 Å². The number of carbonyl (C=O) groups is 1. The largest absolute Gasteiger partial charge is 0.377 e. The first-order valence-electron chi connectivity index (χ1n) is 7.42. The number of carbonyl (C=O) groups excluding carboxylic acids is 1. The lowest BCUT2D eigenvalue weighted by molar-refractivity contribution is -0.120. The monoisotopic (exact) mass is 276 g/mol. The smallest absolute Gasteiger partial charge is 0.227 e. The van der Waals surface area contributed by atoms with Crippen molar-refractivity contribution in [1.29, 1.82) is 0 Å². The molecule has 0 unspecified atom stereocenters. The van der Waals surface area contributed by atoms with Crippen LogP contribution in [0.1, 0.15) is 38.2 Å². The predicted molar refractivity (Wildman–Crippen MR) is 80.3 cm³/mol. The van der Waals surface area contributed by atoms with Crippen LogP contribution in [0.2, 0.25) is 0 Å². The third-order valence-electron chi connectivity index (χ3n) is 3.88. The number of hydrogen-bond acceptors (Lipinski definition) is 3. The van der Waals surface area contributed by atoms with Crippen LogP contribution in [0, 0.1) is 5.92 Å². The van der Waals surface area contributed by atoms with Crippen LogP contribution >= 0.6 is 0 Å². The molecule has 1 aliphatic carbocycles. The summed E-state index contributed by atoms with van der Waals surface area (Å²) >= 11 is 0. The summed E-state index contributed by atoms with van der Waals surface area (Å²) in [6.07, 6.45) is 3.67. The Balaban J connectivity index is 1.96. The van der Waals surface area contributed by atoms with Gasteiger partial charge in [-0.05, 0) is 38.7 Å². The second-order valence-electron chi connectivity index (χ2n) is 5.40. The average molecular weight is 276 g/mol. The molecule has 1 aromatic carbocycles. The molecule has 1 aromatic rings. The molecule has 0 atom stereocenters. The van der Waals surface area contributed by atoms with Crippen LogP contribution in [-0.2, 0) is 16.1 Å². The van der Waals surface area contributed by atoms with Gasteiger partial charge in [-0.2, -0.15) is 0 Å². The maximum Gasteiger partial charge on any atom is 0.227 e. The molecule has 0 radical (unpaired) electrons. The zero-order chi connectivity index (χ0) is 14.4. The van der Waals surface area contributed by atoms with Crippen LogP contribution in [0.5, 0.6) is 0 Å². The first-order chi connectivity index (χ1) is 9.70. The molecule has 20 heavy (non-hydrogen) atoms. The molecule has 0 aliphatic heterocycles. The molecule has 1 saturated carbocycles. The molecule has 1 aliphatic rings. The average Bonchev–Trinajstić information content (AvgIpc) is 2.47. The Morgan fingerprint density at radius 2 is 2.00 bits per heavy atom. The lowest BCUT2D eigenvalue weighted by Gasteiger charge is -2.25. The van der Waals surface area contributed by atoms with E-state index in [1.807, 2.05) is 31.2 Å². The molecule has 0 saturated heterocycles. The van der Waals surface area contributed by atoms with Crippen molar-refractivity contribution in [2.75, 3.05) is 11.9 Å². The zero-order valence-corrected chi connectivity index (χ0v) is 12.1. The summed E-state index contributed by atoms with van der Waals surface area (Å²) in [5, 5.41) is 3.04. The number of amides is 1. The predicted octanol–water partition coefficient (Wildman–Crippen LogP) is 2.68. The lowest BCUT2D eigenvalue weighted by atomic mass is 9.86. The fraction of sp³-hybridized carbons (Fsp3) is 0.562. The van der Waals surface area contributed by atoms with Gasteiger partial charge in [0.1, 0.15) is 0 Å². The molecular weight excluding hydrogens is 252 g/mol. The topological polar surface area (TPSA) is 64.3 Å². The number of para-hydroxylation sites is 1. The normalized spacial score (nSPS) is 22.5. The van der Waals surface area contributed by atoms with Gasteiger partial charge in [0.05, 0.1) is 6.61 Å². The van der Waals surface area contributed by atoms with Crippen molar-refractivity contribution >= 4 is 11.6 Å². The van der Waals surface area contributed by atoms with E-state index in [-0.39, 0.29) is 17.9 Å². The Hall–Kier alpha value is -1.39. The molecule has 2 rings (SSSR count). The van der Waals surface area contributed by atoms with Gasteiger partial charge in [-0.15, -0.1) is 0 Å². The highest BCUT2D eigenvalue weighted by atomic mass is 16.5. The minimum absolute atomic E-state index is 0.0925. The molecule has 1 fully saturated rings. The van der Waals surface area contributed by atoms with Crippen molar-refractivity contribution in [3.63, 3.8) is 0 Å². The van der Waals surface area contributed by atoms with E-state index in [0.717, 1.165) is 36.9 Å². The van der Waals surface area contributed by atoms with Gasteiger partial charge in [-0.25, -0.2) is 0 Å². The van der Waals surface area contributed by atoms with Gasteiger partial charge in [-0.1, -0.05) is 18.2 Å². The number of benzene rings is 1. The highest BCUT2D eigenvalue weighted by Crippen LogP contribution is 2.25. The van der Waals surface area contributed by atoms with E-state index < -0.39 is 0 Å². The first-order valence-corrected chi connectivity index (χ1v) is 7.42. The summed E-state index contributed by atoms with van der Waals surface area (Å²) < 4.78 is 5.43. The van der Waals surface area contributed by atoms with Crippen molar-refractivity contribution in [1.82, 2.24) is 0 Å². The van der Waals surface area contributed by atoms with Crippen LogP contribution in [0.15, 0.2) is 24.3 Å². The van der Waals surface area contributed by atoms with Gasteiger partial charge in [0.15, 0.2) is 0 Å². The van der Waals surface area contributed by atoms with Crippen molar-refractivity contribution in [3.8, 4) is 0 Å². The summed E-state index contributed by atoms with van der Waals surface area (Å²) in [5.41, 5.74) is 7.77. The minimum atomic E-state index is 0.0925. The van der Waals surface area contributed by atoms with E-state index in [4.69, 9.17) is 10.5 Å². The summed E-state index contributed by atoms with van der Waals surface area (Å²) in [4.78, 5) is 12.3. The third-order valence-corrected chi connectivity index (χ3v) is 3.88. The number of nitrogens with two attached hydrogens (primary N) is 1. The maximum atomic E-state index is 12.3. The molecular formula is C16H24N2O2. The summed E-state index contributed by atoms with van der Waals surface area (Å²) in [5.74, 6) is 0.204. The molecule has 1 amide bonds.